The predicted octanol–water partition coefficient (Wildman–Crippen LogP) is 3.16. The van der Waals surface area contributed by atoms with Gasteiger partial charge in [0.25, 0.3) is 10.1 Å². The number of ether oxygens (including phenoxy) is 2. The zero-order valence-corrected chi connectivity index (χ0v) is 15.5. The minimum Gasteiger partial charge on any atom is -0.486 e. The Morgan fingerprint density at radius 1 is 1.23 bits per heavy atom. The number of nitrogen functional groups attached to an aromatic ring is 1. The molecule has 0 saturated heterocycles. The molecule has 1 aliphatic heterocycles. The fourth-order valence-electron chi connectivity index (χ4n) is 2.57. The summed E-state index contributed by atoms with van der Waals surface area (Å²) in [5.41, 5.74) is 8.22. The zero-order valence-electron chi connectivity index (χ0n) is 14.6. The number of allylic oxidation sites excluding steroid dienone is 1. The van der Waals surface area contributed by atoms with Crippen LogP contribution in [0.25, 0.3) is 6.08 Å². The SMILES string of the molecule is C/C=C\c1c(N)ccc2c1O[C@@H](COS(=O)(=O)c1ccc(C)cc1)CO2. The lowest BCUT2D eigenvalue weighted by Crippen LogP contribution is -2.34. The van der Waals surface area contributed by atoms with E-state index in [1.54, 1.807) is 24.3 Å². The fraction of sp³-hybridized carbons (Fsp3) is 0.263. The van der Waals surface area contributed by atoms with Gasteiger partial charge in [-0.2, -0.15) is 8.42 Å². The molecule has 3 rings (SSSR count). The van der Waals surface area contributed by atoms with Gasteiger partial charge in [-0.15, -0.1) is 0 Å². The van der Waals surface area contributed by atoms with Crippen molar-refractivity contribution in [1.82, 2.24) is 0 Å². The topological polar surface area (TPSA) is 87.9 Å². The first-order valence-corrected chi connectivity index (χ1v) is 9.62. The van der Waals surface area contributed by atoms with Gasteiger partial charge in [-0.25, -0.2) is 0 Å². The summed E-state index contributed by atoms with van der Waals surface area (Å²) in [7, 11) is -3.86. The highest BCUT2D eigenvalue weighted by Crippen LogP contribution is 2.39. The lowest BCUT2D eigenvalue weighted by molar-refractivity contribution is 0.0553. The van der Waals surface area contributed by atoms with Gasteiger partial charge < -0.3 is 15.2 Å². The Hall–Kier alpha value is -2.51. The number of hydrogen-bond donors (Lipinski definition) is 1. The highest BCUT2D eigenvalue weighted by Gasteiger charge is 2.26. The molecule has 0 bridgehead atoms. The van der Waals surface area contributed by atoms with E-state index < -0.39 is 16.2 Å². The summed E-state index contributed by atoms with van der Waals surface area (Å²) in [5.74, 6) is 1.07. The van der Waals surface area contributed by atoms with Crippen molar-refractivity contribution in [3.05, 3.63) is 53.6 Å². The summed E-state index contributed by atoms with van der Waals surface area (Å²) in [5, 5.41) is 0. The number of anilines is 1. The third kappa shape index (κ3) is 3.84. The largest absolute Gasteiger partial charge is 0.486 e. The minimum atomic E-state index is -3.86. The maximum atomic E-state index is 12.3. The van der Waals surface area contributed by atoms with Gasteiger partial charge in [-0.1, -0.05) is 29.8 Å². The van der Waals surface area contributed by atoms with Crippen molar-refractivity contribution in [2.24, 2.45) is 0 Å². The molecular formula is C19H21NO5S. The molecule has 1 heterocycles. The average molecular weight is 375 g/mol. The van der Waals surface area contributed by atoms with Gasteiger partial charge in [0.15, 0.2) is 17.6 Å². The van der Waals surface area contributed by atoms with Crippen LogP contribution in [0.4, 0.5) is 5.69 Å². The van der Waals surface area contributed by atoms with Crippen LogP contribution >= 0.6 is 0 Å². The molecule has 0 aliphatic carbocycles. The van der Waals surface area contributed by atoms with Gasteiger partial charge in [0.1, 0.15) is 13.2 Å². The summed E-state index contributed by atoms with van der Waals surface area (Å²) in [6.07, 6.45) is 3.11. The summed E-state index contributed by atoms with van der Waals surface area (Å²) < 4.78 is 41.3. The Morgan fingerprint density at radius 2 is 1.96 bits per heavy atom. The summed E-state index contributed by atoms with van der Waals surface area (Å²) in [6, 6.07) is 9.96. The number of rotatable bonds is 5. The number of nitrogens with two attached hydrogens (primary N) is 1. The van der Waals surface area contributed by atoms with Crippen LogP contribution in [0.3, 0.4) is 0 Å². The van der Waals surface area contributed by atoms with Gasteiger partial charge in [0.05, 0.1) is 4.90 Å². The quantitative estimate of drug-likeness (QED) is 0.638. The molecule has 7 heteroatoms. The van der Waals surface area contributed by atoms with Crippen molar-refractivity contribution in [1.29, 1.82) is 0 Å². The maximum Gasteiger partial charge on any atom is 0.297 e. The van der Waals surface area contributed by atoms with Crippen molar-refractivity contribution in [3.8, 4) is 11.5 Å². The van der Waals surface area contributed by atoms with E-state index in [9.17, 15) is 8.42 Å². The Labute approximate surface area is 153 Å². The van der Waals surface area contributed by atoms with Crippen molar-refractivity contribution >= 4 is 21.9 Å². The van der Waals surface area contributed by atoms with E-state index in [1.165, 1.54) is 12.1 Å². The number of benzene rings is 2. The fourth-order valence-corrected chi connectivity index (χ4v) is 3.51. The van der Waals surface area contributed by atoms with Crippen LogP contribution in [0.1, 0.15) is 18.1 Å². The van der Waals surface area contributed by atoms with E-state index in [4.69, 9.17) is 19.4 Å². The number of aryl methyl sites for hydroxylation is 1. The van der Waals surface area contributed by atoms with E-state index in [0.717, 1.165) is 5.56 Å². The van der Waals surface area contributed by atoms with Crippen LogP contribution in [0.15, 0.2) is 47.4 Å². The van der Waals surface area contributed by atoms with Gasteiger partial charge >= 0.3 is 0 Å². The predicted molar refractivity (Wildman–Crippen MR) is 99.8 cm³/mol. The molecule has 0 aromatic heterocycles. The molecule has 1 aliphatic rings. The highest BCUT2D eigenvalue weighted by atomic mass is 32.2. The molecule has 0 spiro atoms. The van der Waals surface area contributed by atoms with Crippen LogP contribution in [-0.4, -0.2) is 27.7 Å². The molecule has 0 amide bonds. The van der Waals surface area contributed by atoms with Crippen molar-refractivity contribution in [2.45, 2.75) is 24.8 Å². The Kier molecular flexibility index (Phi) is 5.20. The van der Waals surface area contributed by atoms with E-state index in [2.05, 4.69) is 0 Å². The van der Waals surface area contributed by atoms with Crippen LogP contribution in [0.2, 0.25) is 0 Å². The van der Waals surface area contributed by atoms with Gasteiger partial charge in [-0.3, -0.25) is 4.18 Å². The first-order chi connectivity index (χ1) is 12.4. The molecule has 6 nitrogen and oxygen atoms in total. The second-order valence-electron chi connectivity index (χ2n) is 6.00. The molecule has 0 unspecified atom stereocenters. The van der Waals surface area contributed by atoms with Gasteiger partial charge in [0.2, 0.25) is 0 Å². The van der Waals surface area contributed by atoms with E-state index in [1.807, 2.05) is 26.0 Å². The van der Waals surface area contributed by atoms with Crippen LogP contribution < -0.4 is 15.2 Å². The molecule has 1 atom stereocenters. The zero-order chi connectivity index (χ0) is 18.7. The lowest BCUT2D eigenvalue weighted by Gasteiger charge is -2.28. The molecule has 2 aromatic rings. The minimum absolute atomic E-state index is 0.110. The molecular weight excluding hydrogens is 354 g/mol. The molecule has 0 radical (unpaired) electrons. The van der Waals surface area contributed by atoms with E-state index in [-0.39, 0.29) is 18.1 Å². The summed E-state index contributed by atoms with van der Waals surface area (Å²) in [6.45, 7) is 3.79. The monoisotopic (exact) mass is 375 g/mol. The first kappa shape index (κ1) is 18.3. The Balaban J connectivity index is 1.73. The smallest absolute Gasteiger partial charge is 0.297 e. The third-order valence-electron chi connectivity index (χ3n) is 3.96. The second kappa shape index (κ2) is 7.39. The first-order valence-electron chi connectivity index (χ1n) is 8.21. The molecule has 138 valence electrons. The molecule has 26 heavy (non-hydrogen) atoms. The van der Waals surface area contributed by atoms with Gasteiger partial charge in [0, 0.05) is 11.3 Å². The van der Waals surface area contributed by atoms with Crippen molar-refractivity contribution in [2.75, 3.05) is 18.9 Å². The molecule has 0 saturated carbocycles. The van der Waals surface area contributed by atoms with Crippen LogP contribution in [-0.2, 0) is 14.3 Å². The van der Waals surface area contributed by atoms with Crippen molar-refractivity contribution < 1.29 is 22.1 Å². The standard InChI is InChI=1S/C19H21NO5S/c1-3-4-16-17(20)9-10-18-19(16)25-14(11-23-18)12-24-26(21,22)15-7-5-13(2)6-8-15/h3-10,14H,11-12,20H2,1-2H3/b4-3-/t14-/m1/s1. The average Bonchev–Trinajstić information content (AvgIpc) is 2.63. The summed E-state index contributed by atoms with van der Waals surface area (Å²) in [4.78, 5) is 0.110. The Bertz CT molecular complexity index is 920. The highest BCUT2D eigenvalue weighted by molar-refractivity contribution is 7.86. The second-order valence-corrected chi connectivity index (χ2v) is 7.61. The Morgan fingerprint density at radius 3 is 2.65 bits per heavy atom. The number of fused-ring (bicyclic) bond motifs is 1. The normalized spacial score (nSPS) is 16.8. The van der Waals surface area contributed by atoms with Crippen LogP contribution in [0, 0.1) is 6.92 Å². The van der Waals surface area contributed by atoms with E-state index >= 15 is 0 Å². The third-order valence-corrected chi connectivity index (χ3v) is 5.25. The summed E-state index contributed by atoms with van der Waals surface area (Å²) >= 11 is 0. The van der Waals surface area contributed by atoms with Gasteiger partial charge in [-0.05, 0) is 38.1 Å². The number of hydrogen-bond acceptors (Lipinski definition) is 6. The lowest BCUT2D eigenvalue weighted by atomic mass is 10.1. The molecule has 2 N–H and O–H groups in total. The molecule has 2 aromatic carbocycles. The van der Waals surface area contributed by atoms with E-state index in [0.29, 0.717) is 22.7 Å². The van der Waals surface area contributed by atoms with Crippen LogP contribution in [0.5, 0.6) is 11.5 Å². The maximum absolute atomic E-state index is 12.3. The van der Waals surface area contributed by atoms with Crippen molar-refractivity contribution in [3.63, 3.8) is 0 Å². The molecule has 0 fully saturated rings.